The van der Waals surface area contributed by atoms with Crippen molar-refractivity contribution >= 4 is 28.4 Å². The van der Waals surface area contributed by atoms with E-state index in [1.54, 1.807) is 0 Å². The number of fused-ring (bicyclic) bond motifs is 1. The Labute approximate surface area is 111 Å². The maximum absolute atomic E-state index is 12.1. The van der Waals surface area contributed by atoms with E-state index in [-0.39, 0.29) is 5.91 Å². The van der Waals surface area contributed by atoms with Crippen molar-refractivity contribution in [3.8, 4) is 0 Å². The highest BCUT2D eigenvalue weighted by atomic mass is 35.5. The minimum atomic E-state index is 0.185. The maximum Gasteiger partial charge on any atom is 0.242 e. The van der Waals surface area contributed by atoms with E-state index in [9.17, 15) is 4.79 Å². The van der Waals surface area contributed by atoms with E-state index < -0.39 is 0 Å². The number of nitrogens with zero attached hydrogens (tertiary/aromatic N) is 2. The molecule has 1 aliphatic rings. The van der Waals surface area contributed by atoms with Crippen LogP contribution in [0.5, 0.6) is 0 Å². The second-order valence-corrected chi connectivity index (χ2v) is 5.12. The SMILES string of the molecule is O=C(Cn1ccc2cccc(Cl)c21)N1CCCC1. The van der Waals surface area contributed by atoms with Crippen molar-refractivity contribution in [3.63, 3.8) is 0 Å². The molecule has 94 valence electrons. The van der Waals surface area contributed by atoms with E-state index >= 15 is 0 Å². The van der Waals surface area contributed by atoms with Crippen LogP contribution in [-0.2, 0) is 11.3 Å². The van der Waals surface area contributed by atoms with Crippen LogP contribution in [0.3, 0.4) is 0 Å². The number of aromatic nitrogens is 1. The van der Waals surface area contributed by atoms with Gasteiger partial charge in [0.25, 0.3) is 0 Å². The molecule has 0 aliphatic carbocycles. The molecule has 1 fully saturated rings. The minimum absolute atomic E-state index is 0.185. The van der Waals surface area contributed by atoms with Crippen molar-refractivity contribution in [2.24, 2.45) is 0 Å². The van der Waals surface area contributed by atoms with Gasteiger partial charge in [-0.05, 0) is 25.0 Å². The lowest BCUT2D eigenvalue weighted by Crippen LogP contribution is -2.30. The summed E-state index contributed by atoms with van der Waals surface area (Å²) in [5.41, 5.74) is 0.951. The van der Waals surface area contributed by atoms with Gasteiger partial charge in [0.15, 0.2) is 0 Å². The van der Waals surface area contributed by atoms with Crippen LogP contribution < -0.4 is 0 Å². The molecule has 0 unspecified atom stereocenters. The summed E-state index contributed by atoms with van der Waals surface area (Å²) in [7, 11) is 0. The Kier molecular flexibility index (Phi) is 3.00. The smallest absolute Gasteiger partial charge is 0.242 e. The van der Waals surface area contributed by atoms with Crippen LogP contribution in [0.2, 0.25) is 5.02 Å². The summed E-state index contributed by atoms with van der Waals surface area (Å²) in [5.74, 6) is 0.185. The van der Waals surface area contributed by atoms with E-state index in [2.05, 4.69) is 0 Å². The van der Waals surface area contributed by atoms with Crippen LogP contribution in [0, 0.1) is 0 Å². The fourth-order valence-electron chi connectivity index (χ4n) is 2.56. The average Bonchev–Trinajstić information content (AvgIpc) is 2.99. The number of hydrogen-bond donors (Lipinski definition) is 0. The normalized spacial score (nSPS) is 15.5. The molecule has 0 bridgehead atoms. The van der Waals surface area contributed by atoms with Crippen LogP contribution >= 0.6 is 11.6 Å². The average molecular weight is 263 g/mol. The number of hydrogen-bond acceptors (Lipinski definition) is 1. The fraction of sp³-hybridized carbons (Fsp3) is 0.357. The molecule has 3 nitrogen and oxygen atoms in total. The van der Waals surface area contributed by atoms with Crippen LogP contribution in [0.1, 0.15) is 12.8 Å². The zero-order chi connectivity index (χ0) is 12.5. The molecular formula is C14H15ClN2O. The summed E-state index contributed by atoms with van der Waals surface area (Å²) >= 11 is 6.20. The van der Waals surface area contributed by atoms with Gasteiger partial charge in [0.2, 0.25) is 5.91 Å². The van der Waals surface area contributed by atoms with Gasteiger partial charge in [0.1, 0.15) is 6.54 Å². The van der Waals surface area contributed by atoms with Gasteiger partial charge >= 0.3 is 0 Å². The molecule has 3 rings (SSSR count). The molecule has 1 aromatic heterocycles. The molecule has 0 saturated carbocycles. The summed E-state index contributed by atoms with van der Waals surface area (Å²) in [6.45, 7) is 2.17. The van der Waals surface area contributed by atoms with E-state index in [1.807, 2.05) is 39.9 Å². The molecule has 4 heteroatoms. The lowest BCUT2D eigenvalue weighted by Gasteiger charge is -2.16. The van der Waals surface area contributed by atoms with Crippen molar-refractivity contribution < 1.29 is 4.79 Å². The largest absolute Gasteiger partial charge is 0.341 e. The van der Waals surface area contributed by atoms with Crippen molar-refractivity contribution in [1.29, 1.82) is 0 Å². The summed E-state index contributed by atoms with van der Waals surface area (Å²) in [6.07, 6.45) is 4.18. The highest BCUT2D eigenvalue weighted by Crippen LogP contribution is 2.24. The summed E-state index contributed by atoms with van der Waals surface area (Å²) in [4.78, 5) is 14.1. The van der Waals surface area contributed by atoms with Gasteiger partial charge in [-0.1, -0.05) is 23.7 Å². The molecule has 18 heavy (non-hydrogen) atoms. The van der Waals surface area contributed by atoms with E-state index in [1.165, 1.54) is 0 Å². The highest BCUT2D eigenvalue weighted by molar-refractivity contribution is 6.35. The van der Waals surface area contributed by atoms with Gasteiger partial charge < -0.3 is 9.47 Å². The summed E-state index contributed by atoms with van der Waals surface area (Å²) < 4.78 is 1.94. The van der Waals surface area contributed by atoms with Crippen molar-refractivity contribution in [2.75, 3.05) is 13.1 Å². The number of carbonyl (C=O) groups is 1. The van der Waals surface area contributed by atoms with Gasteiger partial charge in [-0.2, -0.15) is 0 Å². The number of benzene rings is 1. The topological polar surface area (TPSA) is 25.2 Å². The predicted octanol–water partition coefficient (Wildman–Crippen LogP) is 2.92. The Balaban J connectivity index is 1.88. The summed E-state index contributed by atoms with van der Waals surface area (Å²) in [5, 5.41) is 1.78. The molecule has 0 N–H and O–H groups in total. The number of carbonyl (C=O) groups excluding carboxylic acids is 1. The zero-order valence-corrected chi connectivity index (χ0v) is 10.9. The van der Waals surface area contributed by atoms with Crippen molar-refractivity contribution in [2.45, 2.75) is 19.4 Å². The molecule has 1 saturated heterocycles. The van der Waals surface area contributed by atoms with Crippen molar-refractivity contribution in [3.05, 3.63) is 35.5 Å². The first-order valence-electron chi connectivity index (χ1n) is 6.27. The number of likely N-dealkylation sites (tertiary alicyclic amines) is 1. The molecule has 0 spiro atoms. The third-order valence-electron chi connectivity index (χ3n) is 3.50. The lowest BCUT2D eigenvalue weighted by molar-refractivity contribution is -0.130. The Morgan fingerprint density at radius 2 is 2.00 bits per heavy atom. The van der Waals surface area contributed by atoms with Crippen LogP contribution in [0.4, 0.5) is 0 Å². The highest BCUT2D eigenvalue weighted by Gasteiger charge is 2.18. The van der Waals surface area contributed by atoms with Crippen molar-refractivity contribution in [1.82, 2.24) is 9.47 Å². The van der Waals surface area contributed by atoms with Crippen LogP contribution in [0.25, 0.3) is 10.9 Å². The van der Waals surface area contributed by atoms with Crippen LogP contribution in [-0.4, -0.2) is 28.5 Å². The Morgan fingerprint density at radius 1 is 1.22 bits per heavy atom. The monoisotopic (exact) mass is 262 g/mol. The van der Waals surface area contributed by atoms with Gasteiger partial charge in [-0.3, -0.25) is 4.79 Å². The molecule has 1 aromatic carbocycles. The molecular weight excluding hydrogens is 248 g/mol. The van der Waals surface area contributed by atoms with Gasteiger partial charge in [0.05, 0.1) is 10.5 Å². The number of halogens is 1. The number of para-hydroxylation sites is 1. The molecule has 0 radical (unpaired) electrons. The minimum Gasteiger partial charge on any atom is -0.341 e. The van der Waals surface area contributed by atoms with E-state index in [0.29, 0.717) is 11.6 Å². The standard InChI is InChI=1S/C14H15ClN2O/c15-12-5-3-4-11-6-9-17(14(11)12)10-13(18)16-7-1-2-8-16/h3-6,9H,1-2,7-8,10H2. The zero-order valence-electron chi connectivity index (χ0n) is 10.1. The summed E-state index contributed by atoms with van der Waals surface area (Å²) in [6, 6.07) is 7.80. The molecule has 2 heterocycles. The Morgan fingerprint density at radius 3 is 2.78 bits per heavy atom. The molecule has 1 aliphatic heterocycles. The Hall–Kier alpha value is -1.48. The molecule has 2 aromatic rings. The Bertz CT molecular complexity index is 584. The van der Waals surface area contributed by atoms with Gasteiger partial charge in [-0.15, -0.1) is 0 Å². The molecule has 1 amide bonds. The third kappa shape index (κ3) is 1.99. The quantitative estimate of drug-likeness (QED) is 0.817. The van der Waals surface area contributed by atoms with Crippen LogP contribution in [0.15, 0.2) is 30.5 Å². The number of amides is 1. The van der Waals surface area contributed by atoms with Gasteiger partial charge in [-0.25, -0.2) is 0 Å². The first kappa shape index (κ1) is 11.6. The second-order valence-electron chi connectivity index (χ2n) is 4.71. The second kappa shape index (κ2) is 4.65. The van der Waals surface area contributed by atoms with E-state index in [4.69, 9.17) is 11.6 Å². The maximum atomic E-state index is 12.1. The first-order valence-corrected chi connectivity index (χ1v) is 6.64. The lowest BCUT2D eigenvalue weighted by atomic mass is 10.2. The van der Waals surface area contributed by atoms with Gasteiger partial charge in [0, 0.05) is 24.7 Å². The fourth-order valence-corrected chi connectivity index (χ4v) is 2.85. The predicted molar refractivity (Wildman–Crippen MR) is 72.8 cm³/mol. The third-order valence-corrected chi connectivity index (χ3v) is 3.81. The number of rotatable bonds is 2. The van der Waals surface area contributed by atoms with E-state index in [0.717, 1.165) is 36.8 Å². The molecule has 0 atom stereocenters. The first-order chi connectivity index (χ1) is 8.75.